The molecule has 6 nitrogen and oxygen atoms in total. The number of rotatable bonds is 8. The summed E-state index contributed by atoms with van der Waals surface area (Å²) in [5, 5.41) is 10.7. The Bertz CT molecular complexity index is 782. The van der Waals surface area contributed by atoms with Crippen LogP contribution in [0.5, 0.6) is 0 Å². The zero-order valence-electron chi connectivity index (χ0n) is 16.3. The van der Waals surface area contributed by atoms with Gasteiger partial charge in [0, 0.05) is 37.9 Å². The first-order valence-corrected chi connectivity index (χ1v) is 9.55. The van der Waals surface area contributed by atoms with Crippen LogP contribution < -0.4 is 10.6 Å². The van der Waals surface area contributed by atoms with Gasteiger partial charge in [-0.15, -0.1) is 0 Å². The van der Waals surface area contributed by atoms with Crippen molar-refractivity contribution in [2.75, 3.05) is 20.1 Å². The summed E-state index contributed by atoms with van der Waals surface area (Å²) < 4.78 is 18.8. The summed E-state index contributed by atoms with van der Waals surface area (Å²) in [4.78, 5) is 8.65. The van der Waals surface area contributed by atoms with Crippen molar-refractivity contribution in [3.63, 3.8) is 0 Å². The van der Waals surface area contributed by atoms with E-state index in [1.54, 1.807) is 19.2 Å². The number of nitrogens with zero attached hydrogens (tertiary/aromatic N) is 3. The lowest BCUT2D eigenvalue weighted by atomic mass is 9.96. The molecule has 2 aromatic rings. The van der Waals surface area contributed by atoms with Crippen LogP contribution in [-0.2, 0) is 11.8 Å². The van der Waals surface area contributed by atoms with E-state index in [2.05, 4.69) is 25.8 Å². The molecule has 0 amide bonds. The first-order valence-electron chi connectivity index (χ1n) is 9.55. The number of aliphatic imine (C=N–C) groups is 1. The van der Waals surface area contributed by atoms with Crippen LogP contribution in [0.4, 0.5) is 4.39 Å². The summed E-state index contributed by atoms with van der Waals surface area (Å²) in [5.41, 5.74) is 1.08. The van der Waals surface area contributed by atoms with Crippen molar-refractivity contribution in [1.82, 2.24) is 20.8 Å². The third-order valence-electron chi connectivity index (χ3n) is 4.97. The second-order valence-corrected chi connectivity index (χ2v) is 7.45. The van der Waals surface area contributed by atoms with Crippen molar-refractivity contribution >= 4 is 5.96 Å². The molecule has 0 bridgehead atoms. The Balaban J connectivity index is 1.42. The van der Waals surface area contributed by atoms with Gasteiger partial charge in [0.05, 0.1) is 0 Å². The fourth-order valence-corrected chi connectivity index (χ4v) is 3.06. The Hall–Kier alpha value is -2.44. The van der Waals surface area contributed by atoms with Crippen molar-refractivity contribution in [3.05, 3.63) is 47.4 Å². The highest BCUT2D eigenvalue weighted by Crippen LogP contribution is 2.47. The minimum absolute atomic E-state index is 0.0245. The van der Waals surface area contributed by atoms with Gasteiger partial charge in [-0.3, -0.25) is 4.99 Å². The molecule has 1 aliphatic carbocycles. The molecule has 1 aliphatic rings. The molecule has 0 spiro atoms. The Morgan fingerprint density at radius 2 is 2.15 bits per heavy atom. The molecular formula is C20H28FN5O. The molecule has 0 unspecified atom stereocenters. The predicted octanol–water partition coefficient (Wildman–Crippen LogP) is 3.16. The monoisotopic (exact) mass is 373 g/mol. The molecule has 0 aliphatic heterocycles. The van der Waals surface area contributed by atoms with Crippen LogP contribution in [0.15, 0.2) is 33.8 Å². The van der Waals surface area contributed by atoms with Gasteiger partial charge in [-0.05, 0) is 37.0 Å². The lowest BCUT2D eigenvalue weighted by Crippen LogP contribution is -2.41. The van der Waals surface area contributed by atoms with Crippen LogP contribution in [0.25, 0.3) is 0 Å². The third kappa shape index (κ3) is 5.05. The molecule has 1 aromatic heterocycles. The quantitative estimate of drug-likeness (QED) is 0.422. The summed E-state index contributed by atoms with van der Waals surface area (Å²) in [6, 6.07) is 6.91. The summed E-state index contributed by atoms with van der Waals surface area (Å²) in [5.74, 6) is 2.28. The molecular weight excluding hydrogens is 345 g/mol. The maximum Gasteiger partial charge on any atom is 0.226 e. The maximum atomic E-state index is 13.5. The topological polar surface area (TPSA) is 75.3 Å². The van der Waals surface area contributed by atoms with Gasteiger partial charge in [0.1, 0.15) is 5.82 Å². The molecule has 2 N–H and O–H groups in total. The van der Waals surface area contributed by atoms with E-state index in [0.717, 1.165) is 56.1 Å². The number of aryl methyl sites for hydroxylation is 1. The van der Waals surface area contributed by atoms with E-state index in [-0.39, 0.29) is 17.2 Å². The molecule has 1 heterocycles. The van der Waals surface area contributed by atoms with E-state index < -0.39 is 0 Å². The SMILES string of the molecule is CN=C(NCCCc1nc(C(C)C)no1)NCC1(c2cccc(F)c2)CC1. The first-order chi connectivity index (χ1) is 13.0. The maximum absolute atomic E-state index is 13.5. The number of guanidine groups is 1. The fraction of sp³-hybridized carbons (Fsp3) is 0.550. The average Bonchev–Trinajstić information content (AvgIpc) is 3.30. The Labute approximate surface area is 159 Å². The zero-order chi connectivity index (χ0) is 19.3. The molecule has 146 valence electrons. The van der Waals surface area contributed by atoms with Gasteiger partial charge in [0.15, 0.2) is 11.8 Å². The van der Waals surface area contributed by atoms with E-state index in [9.17, 15) is 4.39 Å². The average molecular weight is 373 g/mol. The normalized spacial score (nSPS) is 15.8. The van der Waals surface area contributed by atoms with Crippen LogP contribution in [0.1, 0.15) is 56.3 Å². The molecule has 3 rings (SSSR count). The van der Waals surface area contributed by atoms with Crippen molar-refractivity contribution in [2.24, 2.45) is 4.99 Å². The van der Waals surface area contributed by atoms with Crippen LogP contribution in [-0.4, -0.2) is 36.2 Å². The highest BCUT2D eigenvalue weighted by Gasteiger charge is 2.44. The molecule has 1 fully saturated rings. The predicted molar refractivity (Wildman–Crippen MR) is 103 cm³/mol. The number of hydrogen-bond donors (Lipinski definition) is 2. The van der Waals surface area contributed by atoms with E-state index in [4.69, 9.17) is 4.52 Å². The highest BCUT2D eigenvalue weighted by molar-refractivity contribution is 5.79. The van der Waals surface area contributed by atoms with Gasteiger partial charge in [-0.2, -0.15) is 4.98 Å². The summed E-state index contributed by atoms with van der Waals surface area (Å²) in [6.45, 7) is 5.59. The fourth-order valence-electron chi connectivity index (χ4n) is 3.06. The Morgan fingerprint density at radius 3 is 2.78 bits per heavy atom. The zero-order valence-corrected chi connectivity index (χ0v) is 16.3. The second kappa shape index (κ2) is 8.50. The third-order valence-corrected chi connectivity index (χ3v) is 4.97. The summed E-state index contributed by atoms with van der Waals surface area (Å²) in [6.07, 6.45) is 3.73. The summed E-state index contributed by atoms with van der Waals surface area (Å²) in [7, 11) is 1.75. The van der Waals surface area contributed by atoms with Gasteiger partial charge in [0.25, 0.3) is 0 Å². The standard InChI is InChI=1S/C20H28FN5O/c1-14(2)18-25-17(27-26-18)8-5-11-23-19(22-3)24-13-20(9-10-20)15-6-4-7-16(21)12-15/h4,6-7,12,14H,5,8-11,13H2,1-3H3,(H2,22,23,24). The van der Waals surface area contributed by atoms with Crippen molar-refractivity contribution in [3.8, 4) is 0 Å². The van der Waals surface area contributed by atoms with Crippen molar-refractivity contribution in [2.45, 2.75) is 50.9 Å². The Morgan fingerprint density at radius 1 is 1.33 bits per heavy atom. The number of benzene rings is 1. The van der Waals surface area contributed by atoms with Gasteiger partial charge in [0.2, 0.25) is 5.89 Å². The second-order valence-electron chi connectivity index (χ2n) is 7.45. The van der Waals surface area contributed by atoms with Crippen LogP contribution in [0.3, 0.4) is 0 Å². The van der Waals surface area contributed by atoms with Crippen molar-refractivity contribution in [1.29, 1.82) is 0 Å². The Kier molecular flexibility index (Phi) is 6.08. The van der Waals surface area contributed by atoms with E-state index in [1.165, 1.54) is 6.07 Å². The molecule has 0 saturated heterocycles. The highest BCUT2D eigenvalue weighted by atomic mass is 19.1. The van der Waals surface area contributed by atoms with E-state index in [0.29, 0.717) is 5.89 Å². The van der Waals surface area contributed by atoms with Gasteiger partial charge in [-0.25, -0.2) is 4.39 Å². The molecule has 1 aromatic carbocycles. The van der Waals surface area contributed by atoms with E-state index >= 15 is 0 Å². The minimum atomic E-state index is -0.178. The number of aromatic nitrogens is 2. The van der Waals surface area contributed by atoms with Crippen molar-refractivity contribution < 1.29 is 8.91 Å². The molecule has 1 saturated carbocycles. The molecule has 27 heavy (non-hydrogen) atoms. The largest absolute Gasteiger partial charge is 0.356 e. The molecule has 0 radical (unpaired) electrons. The van der Waals surface area contributed by atoms with Gasteiger partial charge in [-0.1, -0.05) is 31.1 Å². The van der Waals surface area contributed by atoms with Gasteiger partial charge < -0.3 is 15.2 Å². The summed E-state index contributed by atoms with van der Waals surface area (Å²) >= 11 is 0. The molecule has 7 heteroatoms. The lowest BCUT2D eigenvalue weighted by molar-refractivity contribution is 0.368. The van der Waals surface area contributed by atoms with Gasteiger partial charge >= 0.3 is 0 Å². The van der Waals surface area contributed by atoms with Crippen LogP contribution in [0, 0.1) is 5.82 Å². The minimum Gasteiger partial charge on any atom is -0.356 e. The van der Waals surface area contributed by atoms with Crippen LogP contribution in [0.2, 0.25) is 0 Å². The first kappa shape index (κ1) is 19.3. The number of halogens is 1. The van der Waals surface area contributed by atoms with E-state index in [1.807, 2.05) is 19.9 Å². The van der Waals surface area contributed by atoms with Crippen LogP contribution >= 0.6 is 0 Å². The smallest absolute Gasteiger partial charge is 0.226 e. The molecule has 0 atom stereocenters. The number of hydrogen-bond acceptors (Lipinski definition) is 4. The lowest BCUT2D eigenvalue weighted by Gasteiger charge is -2.19. The number of nitrogens with one attached hydrogen (secondary N) is 2.